The highest BCUT2D eigenvalue weighted by atomic mass is 32.1. The highest BCUT2D eigenvalue weighted by Crippen LogP contribution is 1.93. The van der Waals surface area contributed by atoms with Crippen molar-refractivity contribution in [1.82, 2.24) is 0 Å². The van der Waals surface area contributed by atoms with Crippen LogP contribution in [0.15, 0.2) is 12.2 Å². The van der Waals surface area contributed by atoms with Gasteiger partial charge in [0, 0.05) is 10.3 Å². The molecule has 0 heterocycles. The predicted molar refractivity (Wildman–Crippen MR) is 23.2 cm³/mol. The Kier molecular flexibility index (Phi) is 3.59. The molecule has 0 aromatic heterocycles. The van der Waals surface area contributed by atoms with Crippen molar-refractivity contribution in [2.75, 3.05) is 5.75 Å². The lowest BCUT2D eigenvalue weighted by Gasteiger charge is -1.63. The van der Waals surface area contributed by atoms with Crippen molar-refractivity contribution in [3.05, 3.63) is 12.2 Å². The van der Waals surface area contributed by atoms with Gasteiger partial charge in [-0.25, -0.2) is 0 Å². The first kappa shape index (κ1) is 6.62. The number of rotatable bonds is 2. The van der Waals surface area contributed by atoms with Crippen LogP contribution in [0.1, 0.15) is 0 Å². The maximum absolute atomic E-state index is 10.9. The van der Waals surface area contributed by atoms with Crippen LogP contribution >= 0.6 is 0 Å². The van der Waals surface area contributed by atoms with Gasteiger partial charge in [0.15, 0.2) is 0 Å². The first-order valence-electron chi connectivity index (χ1n) is 1.53. The molecule has 0 rings (SSSR count). The van der Waals surface area contributed by atoms with E-state index >= 15 is 0 Å². The molecule has 0 atom stereocenters. The minimum Gasteiger partial charge on any atom is -0.174 e. The maximum atomic E-state index is 10.9. The van der Waals surface area contributed by atoms with E-state index in [0.29, 0.717) is 6.08 Å². The molecule has 4 heteroatoms. The van der Waals surface area contributed by atoms with Gasteiger partial charge < -0.3 is 0 Å². The Morgan fingerprint density at radius 3 is 2.43 bits per heavy atom. The minimum absolute atomic E-state index is 0.124. The van der Waals surface area contributed by atoms with Crippen LogP contribution in [0.3, 0.4) is 0 Å². The number of hydrogen-bond donors (Lipinski definition) is 0. The van der Waals surface area contributed by atoms with Crippen LogP contribution in [-0.2, 0) is 15.9 Å². The van der Waals surface area contributed by atoms with Gasteiger partial charge in [0.2, 0.25) is 0 Å². The predicted octanol–water partition coefficient (Wildman–Crippen LogP) is 1.19. The fourth-order valence-electron chi connectivity index (χ4n) is 0.0970. The molecule has 0 saturated heterocycles. The van der Waals surface area contributed by atoms with Crippen LogP contribution in [0, 0.1) is 0 Å². The average Bonchev–Trinajstić information content (AvgIpc) is 1.61. The first-order chi connectivity index (χ1) is 3.27. The molecule has 0 unspecified atom stereocenters. The second-order valence-corrected chi connectivity index (χ2v) is 1.35. The molecule has 40 valence electrons. The van der Waals surface area contributed by atoms with Crippen LogP contribution in [0.4, 0.5) is 8.78 Å². The molecule has 0 aromatic carbocycles. The fraction of sp³-hybridized carbons (Fsp3) is 0.333. The van der Waals surface area contributed by atoms with Crippen LogP contribution < -0.4 is 0 Å². The van der Waals surface area contributed by atoms with Crippen molar-refractivity contribution in [3.63, 3.8) is 0 Å². The monoisotopic (exact) mass is 125 g/mol. The quantitative estimate of drug-likeness (QED) is 0.507. The summed E-state index contributed by atoms with van der Waals surface area (Å²) in [4.78, 5) is 0. The SMILES string of the molecule is O=[S+]CC=C(F)F. The van der Waals surface area contributed by atoms with E-state index < -0.39 is 6.08 Å². The summed E-state index contributed by atoms with van der Waals surface area (Å²) in [6, 6.07) is 0. The second kappa shape index (κ2) is 3.80. The summed E-state index contributed by atoms with van der Waals surface area (Å²) in [6.45, 7) is 0. The zero-order valence-electron chi connectivity index (χ0n) is 3.36. The van der Waals surface area contributed by atoms with Gasteiger partial charge in [0.25, 0.3) is 11.8 Å². The second-order valence-electron chi connectivity index (χ2n) is 0.778. The van der Waals surface area contributed by atoms with Crippen LogP contribution in [0.2, 0.25) is 0 Å². The van der Waals surface area contributed by atoms with Crippen molar-refractivity contribution >= 4 is 11.7 Å². The van der Waals surface area contributed by atoms with Crippen molar-refractivity contribution in [1.29, 1.82) is 0 Å². The van der Waals surface area contributed by atoms with E-state index in [1.54, 1.807) is 0 Å². The molecular formula is C3H3F2OS+. The molecule has 0 spiro atoms. The third-order valence-corrected chi connectivity index (χ3v) is 0.608. The van der Waals surface area contributed by atoms with Crippen molar-refractivity contribution < 1.29 is 13.0 Å². The molecule has 0 fully saturated rings. The van der Waals surface area contributed by atoms with Gasteiger partial charge in [-0.2, -0.15) is 8.78 Å². The molecule has 0 saturated carbocycles. The summed E-state index contributed by atoms with van der Waals surface area (Å²) in [6.07, 6.45) is -1.21. The lowest BCUT2D eigenvalue weighted by Crippen LogP contribution is -1.70. The van der Waals surface area contributed by atoms with Gasteiger partial charge in [-0.1, -0.05) is 0 Å². The Bertz CT molecular complexity index is 86.9. The Morgan fingerprint density at radius 2 is 2.29 bits per heavy atom. The van der Waals surface area contributed by atoms with E-state index in [-0.39, 0.29) is 17.4 Å². The van der Waals surface area contributed by atoms with Gasteiger partial charge in [-0.15, -0.1) is 0 Å². The topological polar surface area (TPSA) is 17.1 Å². The molecule has 1 nitrogen and oxygen atoms in total. The van der Waals surface area contributed by atoms with Crippen LogP contribution in [0.5, 0.6) is 0 Å². The van der Waals surface area contributed by atoms with Gasteiger partial charge in [-0.3, -0.25) is 0 Å². The van der Waals surface area contributed by atoms with Crippen LogP contribution in [-0.4, -0.2) is 5.75 Å². The molecule has 0 radical (unpaired) electrons. The van der Waals surface area contributed by atoms with Crippen LogP contribution in [0.25, 0.3) is 0 Å². The Hall–Kier alpha value is -0.380. The molecule has 0 amide bonds. The minimum atomic E-state index is -1.79. The third kappa shape index (κ3) is 5.62. The summed E-state index contributed by atoms with van der Waals surface area (Å²) in [5, 5.41) is 0. The van der Waals surface area contributed by atoms with Gasteiger partial charge in [-0.05, 0) is 0 Å². The summed E-state index contributed by atoms with van der Waals surface area (Å²) in [5.41, 5.74) is 0. The fourth-order valence-corrected chi connectivity index (χ4v) is 0.291. The Balaban J connectivity index is 3.25. The number of halogens is 2. The Morgan fingerprint density at radius 1 is 1.71 bits per heavy atom. The number of hydrogen-bond acceptors (Lipinski definition) is 1. The largest absolute Gasteiger partial charge is 0.463 e. The normalized spacial score (nSPS) is 7.71. The molecular weight excluding hydrogens is 122 g/mol. The highest BCUT2D eigenvalue weighted by molar-refractivity contribution is 7.65. The summed E-state index contributed by atoms with van der Waals surface area (Å²) < 4.78 is 31.2. The zero-order valence-corrected chi connectivity index (χ0v) is 4.17. The molecule has 0 bridgehead atoms. The molecule has 0 aliphatic heterocycles. The molecule has 0 aliphatic carbocycles. The van der Waals surface area contributed by atoms with Gasteiger partial charge >= 0.3 is 11.7 Å². The summed E-state index contributed by atoms with van der Waals surface area (Å²) >= 11 is 0.124. The third-order valence-electron chi connectivity index (χ3n) is 0.306. The summed E-state index contributed by atoms with van der Waals surface area (Å²) in [7, 11) is 0. The van der Waals surface area contributed by atoms with Gasteiger partial charge in [0.1, 0.15) is 0 Å². The standard InChI is InChI=1S/C3H3F2OS/c4-3(5)1-2-7-6/h1H,2H2/q+1. The van der Waals surface area contributed by atoms with Gasteiger partial charge in [0.05, 0.1) is 0 Å². The lowest BCUT2D eigenvalue weighted by atomic mass is 10.7. The lowest BCUT2D eigenvalue weighted by molar-refractivity contribution is 0.420. The molecule has 0 N–H and O–H groups in total. The molecule has 0 aliphatic rings. The van der Waals surface area contributed by atoms with E-state index in [9.17, 15) is 13.0 Å². The zero-order chi connectivity index (χ0) is 5.70. The van der Waals surface area contributed by atoms with E-state index in [4.69, 9.17) is 0 Å². The Labute approximate surface area is 43.5 Å². The highest BCUT2D eigenvalue weighted by Gasteiger charge is 1.93. The summed E-state index contributed by atoms with van der Waals surface area (Å²) in [5.74, 6) is -0.150. The van der Waals surface area contributed by atoms with Crippen molar-refractivity contribution in [2.24, 2.45) is 0 Å². The van der Waals surface area contributed by atoms with E-state index in [1.807, 2.05) is 0 Å². The maximum Gasteiger partial charge on any atom is 0.463 e. The van der Waals surface area contributed by atoms with E-state index in [0.717, 1.165) is 0 Å². The molecule has 0 aromatic rings. The van der Waals surface area contributed by atoms with E-state index in [1.165, 1.54) is 0 Å². The average molecular weight is 125 g/mol. The van der Waals surface area contributed by atoms with Crippen molar-refractivity contribution in [3.8, 4) is 0 Å². The molecule has 7 heavy (non-hydrogen) atoms. The van der Waals surface area contributed by atoms with Crippen molar-refractivity contribution in [2.45, 2.75) is 0 Å². The smallest absolute Gasteiger partial charge is 0.174 e. The first-order valence-corrected chi connectivity index (χ1v) is 2.44. The van der Waals surface area contributed by atoms with E-state index in [2.05, 4.69) is 0 Å².